The smallest absolute Gasteiger partial charge is 0.316 e. The molecule has 0 aromatic heterocycles. The first-order chi connectivity index (χ1) is 17.2. The van der Waals surface area contributed by atoms with Gasteiger partial charge >= 0.3 is 5.97 Å². The monoisotopic (exact) mass is 493 g/mol. The molecule has 192 valence electrons. The third-order valence-electron chi connectivity index (χ3n) is 5.77. The largest absolute Gasteiger partial charge is 0.511 e. The zero-order valence-corrected chi connectivity index (χ0v) is 21.4. The number of benzene rings is 2. The van der Waals surface area contributed by atoms with E-state index in [0.29, 0.717) is 24.3 Å². The molecule has 36 heavy (non-hydrogen) atoms. The molecule has 1 atom stereocenters. The van der Waals surface area contributed by atoms with Crippen molar-refractivity contribution < 1.29 is 29.4 Å². The van der Waals surface area contributed by atoms with Gasteiger partial charge in [-0.05, 0) is 23.5 Å². The van der Waals surface area contributed by atoms with E-state index >= 15 is 0 Å². The van der Waals surface area contributed by atoms with Crippen molar-refractivity contribution in [3.63, 3.8) is 0 Å². The van der Waals surface area contributed by atoms with Gasteiger partial charge in [-0.3, -0.25) is 9.59 Å². The van der Waals surface area contributed by atoms with Crippen LogP contribution in [-0.4, -0.2) is 41.4 Å². The number of hydrogen-bond acceptors (Lipinski definition) is 7. The number of rotatable bonds is 8. The van der Waals surface area contributed by atoms with Gasteiger partial charge in [-0.2, -0.15) is 0 Å². The van der Waals surface area contributed by atoms with Gasteiger partial charge in [-0.1, -0.05) is 93.5 Å². The van der Waals surface area contributed by atoms with Gasteiger partial charge in [0.2, 0.25) is 0 Å². The van der Waals surface area contributed by atoms with Gasteiger partial charge in [0.25, 0.3) is 0 Å². The number of Topliss-reactive ketones (excluding diaryl/α,β-unsaturated/α-hetero) is 1. The quantitative estimate of drug-likeness (QED) is 0.153. The van der Waals surface area contributed by atoms with Crippen LogP contribution < -0.4 is 0 Å². The summed E-state index contributed by atoms with van der Waals surface area (Å²) >= 11 is 0. The number of aliphatic hydroxyl groups is 1. The van der Waals surface area contributed by atoms with Crippen LogP contribution in [0.25, 0.3) is 11.1 Å². The first-order valence-corrected chi connectivity index (χ1v) is 11.9. The van der Waals surface area contributed by atoms with Crippen molar-refractivity contribution in [1.82, 2.24) is 0 Å². The van der Waals surface area contributed by atoms with Crippen LogP contribution in [0.3, 0.4) is 0 Å². The van der Waals surface area contributed by atoms with E-state index in [2.05, 4.69) is 11.7 Å². The van der Waals surface area contributed by atoms with Gasteiger partial charge in [0.05, 0.1) is 18.4 Å². The molecule has 0 bridgehead atoms. The van der Waals surface area contributed by atoms with E-state index < -0.39 is 17.3 Å². The Morgan fingerprint density at radius 3 is 2.36 bits per heavy atom. The van der Waals surface area contributed by atoms with Crippen molar-refractivity contribution in [1.29, 1.82) is 0 Å². The van der Waals surface area contributed by atoms with Crippen LogP contribution in [0.4, 0.5) is 0 Å². The second-order valence-electron chi connectivity index (χ2n) is 9.06. The standard InChI is InChI=1S/C17H25NO5.C12H10O/c1-6-8-11(18-23-9-7-2)13-12(19)10-17(3,4)14(15(13)20)16(21)22-5;13-12-9-5-4-8-11(12)10-6-2-1-3-7-10/h7,14,20H,2,6,8-10H2,1,3-5H3;1-9,13H/b18-11+;. The number of aliphatic hydroxyl groups excluding tert-OH is 1. The van der Waals surface area contributed by atoms with E-state index in [1.54, 1.807) is 19.9 Å². The Balaban J connectivity index is 0.000000293. The van der Waals surface area contributed by atoms with Crippen molar-refractivity contribution in [2.24, 2.45) is 16.5 Å². The number of phenols is 1. The summed E-state index contributed by atoms with van der Waals surface area (Å²) in [7, 11) is 1.26. The first kappa shape index (κ1) is 28.4. The Labute approximate surface area is 212 Å². The minimum atomic E-state index is -0.901. The Morgan fingerprint density at radius 1 is 1.14 bits per heavy atom. The predicted molar refractivity (Wildman–Crippen MR) is 141 cm³/mol. The van der Waals surface area contributed by atoms with E-state index in [9.17, 15) is 19.8 Å². The molecule has 2 aromatic rings. The maximum atomic E-state index is 12.5. The lowest BCUT2D eigenvalue weighted by atomic mass is 9.67. The predicted octanol–water partition coefficient (Wildman–Crippen LogP) is 6.00. The third-order valence-corrected chi connectivity index (χ3v) is 5.77. The van der Waals surface area contributed by atoms with Crippen LogP contribution in [0.1, 0.15) is 40.0 Å². The molecule has 0 spiro atoms. The number of allylic oxidation sites excluding steroid dienone is 1. The maximum absolute atomic E-state index is 12.5. The van der Waals surface area contributed by atoms with Crippen LogP contribution >= 0.6 is 0 Å². The summed E-state index contributed by atoms with van der Waals surface area (Å²) in [4.78, 5) is 29.7. The minimum absolute atomic E-state index is 0.0747. The van der Waals surface area contributed by atoms with Gasteiger partial charge in [0, 0.05) is 12.0 Å². The molecule has 0 heterocycles. The summed E-state index contributed by atoms with van der Waals surface area (Å²) in [6.45, 7) is 9.16. The summed E-state index contributed by atoms with van der Waals surface area (Å²) in [5, 5.41) is 24.1. The molecular formula is C29H35NO6. The molecule has 0 fully saturated rings. The average molecular weight is 494 g/mol. The second-order valence-corrected chi connectivity index (χ2v) is 9.06. The summed E-state index contributed by atoms with van der Waals surface area (Å²) in [5.74, 6) is -1.68. The number of aromatic hydroxyl groups is 1. The molecular weight excluding hydrogens is 458 g/mol. The number of esters is 1. The fourth-order valence-electron chi connectivity index (χ4n) is 4.08. The number of para-hydroxylation sites is 1. The molecule has 0 radical (unpaired) electrons. The number of ketones is 1. The van der Waals surface area contributed by atoms with E-state index in [1.165, 1.54) is 13.2 Å². The Morgan fingerprint density at radius 2 is 1.78 bits per heavy atom. The minimum Gasteiger partial charge on any atom is -0.511 e. The molecule has 7 heteroatoms. The number of oxime groups is 1. The second kappa shape index (κ2) is 13.3. The molecule has 0 saturated heterocycles. The molecule has 2 N–H and O–H groups in total. The number of phenolic OH excluding ortho intramolecular Hbond substituents is 1. The normalized spacial score (nSPS) is 17.1. The van der Waals surface area contributed by atoms with Gasteiger partial charge in [0.1, 0.15) is 24.0 Å². The van der Waals surface area contributed by atoms with Crippen LogP contribution in [0.5, 0.6) is 5.75 Å². The van der Waals surface area contributed by atoms with Crippen LogP contribution in [0, 0.1) is 11.3 Å². The first-order valence-electron chi connectivity index (χ1n) is 11.9. The third kappa shape index (κ3) is 7.07. The summed E-state index contributed by atoms with van der Waals surface area (Å²) in [6, 6.07) is 17.2. The van der Waals surface area contributed by atoms with E-state index in [0.717, 1.165) is 11.1 Å². The van der Waals surface area contributed by atoms with Crippen LogP contribution in [-0.2, 0) is 19.2 Å². The zero-order valence-electron chi connectivity index (χ0n) is 21.4. The molecule has 3 rings (SSSR count). The zero-order chi connectivity index (χ0) is 26.7. The summed E-state index contributed by atoms with van der Waals surface area (Å²) < 4.78 is 4.79. The molecule has 1 aliphatic rings. The van der Waals surface area contributed by atoms with Gasteiger partial charge in [0.15, 0.2) is 5.78 Å². The maximum Gasteiger partial charge on any atom is 0.316 e. The lowest BCUT2D eigenvalue weighted by Gasteiger charge is -2.36. The van der Waals surface area contributed by atoms with E-state index in [1.807, 2.05) is 55.5 Å². The van der Waals surface area contributed by atoms with Crippen molar-refractivity contribution in [2.45, 2.75) is 40.0 Å². The van der Waals surface area contributed by atoms with E-state index in [4.69, 9.17) is 9.57 Å². The fraction of sp³-hybridized carbons (Fsp3) is 0.345. The number of methoxy groups -OCH3 is 1. The molecule has 2 aromatic carbocycles. The molecule has 7 nitrogen and oxygen atoms in total. The van der Waals surface area contributed by atoms with Crippen LogP contribution in [0.15, 0.2) is 83.7 Å². The fourth-order valence-corrected chi connectivity index (χ4v) is 4.08. The molecule has 1 unspecified atom stereocenters. The molecule has 1 aliphatic carbocycles. The van der Waals surface area contributed by atoms with Crippen molar-refractivity contribution in [3.05, 3.63) is 78.6 Å². The highest BCUT2D eigenvalue weighted by molar-refractivity contribution is 6.23. The number of carbonyl (C=O) groups excluding carboxylic acids is 2. The van der Waals surface area contributed by atoms with Gasteiger partial charge in [-0.25, -0.2) is 0 Å². The SMILES string of the molecule is C=CCO/N=C(\CCC)C1=C(O)C(C(=O)OC)C(C)(C)CC1=O.Oc1ccccc1-c1ccccc1. The number of hydrogen-bond donors (Lipinski definition) is 2. The molecule has 0 saturated carbocycles. The average Bonchev–Trinajstić information content (AvgIpc) is 2.84. The van der Waals surface area contributed by atoms with Crippen molar-refractivity contribution in [3.8, 4) is 16.9 Å². The molecule has 0 amide bonds. The van der Waals surface area contributed by atoms with Crippen molar-refractivity contribution in [2.75, 3.05) is 13.7 Å². The Bertz CT molecular complexity index is 1120. The highest BCUT2D eigenvalue weighted by Crippen LogP contribution is 2.42. The van der Waals surface area contributed by atoms with Crippen molar-refractivity contribution >= 4 is 17.5 Å². The Kier molecular flexibility index (Phi) is 10.5. The van der Waals surface area contributed by atoms with Crippen LogP contribution in [0.2, 0.25) is 0 Å². The number of ether oxygens (including phenoxy) is 1. The lowest BCUT2D eigenvalue weighted by molar-refractivity contribution is -0.150. The summed E-state index contributed by atoms with van der Waals surface area (Å²) in [5.41, 5.74) is 1.62. The van der Waals surface area contributed by atoms with E-state index in [-0.39, 0.29) is 30.1 Å². The molecule has 0 aliphatic heterocycles. The Hall–Kier alpha value is -3.87. The van der Waals surface area contributed by atoms with Gasteiger partial charge < -0.3 is 19.8 Å². The topological polar surface area (TPSA) is 105 Å². The van der Waals surface area contributed by atoms with Gasteiger partial charge in [-0.15, -0.1) is 0 Å². The number of nitrogens with zero attached hydrogens (tertiary/aromatic N) is 1. The summed E-state index contributed by atoms with van der Waals surface area (Å²) in [6.07, 6.45) is 2.82. The highest BCUT2D eigenvalue weighted by Gasteiger charge is 2.47. The highest BCUT2D eigenvalue weighted by atomic mass is 16.6. The number of carbonyl (C=O) groups is 2. The lowest BCUT2D eigenvalue weighted by Crippen LogP contribution is -2.41.